The van der Waals surface area contributed by atoms with E-state index in [9.17, 15) is 0 Å². The average molecular weight is 227 g/mol. The van der Waals surface area contributed by atoms with Crippen LogP contribution in [0.3, 0.4) is 0 Å². The predicted octanol–water partition coefficient (Wildman–Crippen LogP) is 3.27. The molecule has 0 aliphatic carbocycles. The van der Waals surface area contributed by atoms with Gasteiger partial charge in [-0.15, -0.1) is 0 Å². The van der Waals surface area contributed by atoms with Gasteiger partial charge in [0.2, 0.25) is 0 Å². The third-order valence-corrected chi connectivity index (χ3v) is 2.57. The second-order valence-electron chi connectivity index (χ2n) is 4.08. The van der Waals surface area contributed by atoms with E-state index in [2.05, 4.69) is 53.4 Å². The van der Waals surface area contributed by atoms with Gasteiger partial charge in [0.25, 0.3) is 0 Å². The first kappa shape index (κ1) is 11.6. The maximum Gasteiger partial charge on any atom is 0.129 e. The number of anilines is 1. The number of hydrogen-bond acceptors (Lipinski definition) is 3. The van der Waals surface area contributed by atoms with Crippen LogP contribution in [0.15, 0.2) is 36.7 Å². The van der Waals surface area contributed by atoms with Gasteiger partial charge in [-0.2, -0.15) is 0 Å². The molecule has 3 heteroatoms. The Hall–Kier alpha value is -1.90. The summed E-state index contributed by atoms with van der Waals surface area (Å²) in [4.78, 5) is 8.49. The standard InChI is InChI=1S/C14H17N3/c1-3-8-15-14-9-13(16-10-17-14)12-6-4-11(2)5-7-12/h4-7,9-10H,3,8H2,1-2H3,(H,15,16,17). The molecule has 1 heterocycles. The highest BCUT2D eigenvalue weighted by atomic mass is 15.0. The topological polar surface area (TPSA) is 37.8 Å². The SMILES string of the molecule is CCCNc1cc(-c2ccc(C)cc2)ncn1. The lowest BCUT2D eigenvalue weighted by atomic mass is 10.1. The highest BCUT2D eigenvalue weighted by Crippen LogP contribution is 2.18. The van der Waals surface area contributed by atoms with Crippen LogP contribution in [0.2, 0.25) is 0 Å². The maximum absolute atomic E-state index is 4.30. The Balaban J connectivity index is 2.23. The predicted molar refractivity (Wildman–Crippen MR) is 71.0 cm³/mol. The zero-order valence-corrected chi connectivity index (χ0v) is 10.3. The quantitative estimate of drug-likeness (QED) is 0.871. The van der Waals surface area contributed by atoms with Crippen LogP contribution in [-0.2, 0) is 0 Å². The van der Waals surface area contributed by atoms with Crippen LogP contribution in [-0.4, -0.2) is 16.5 Å². The Labute approximate surface area is 102 Å². The van der Waals surface area contributed by atoms with Crippen molar-refractivity contribution in [2.75, 3.05) is 11.9 Å². The van der Waals surface area contributed by atoms with Gasteiger partial charge < -0.3 is 5.32 Å². The molecule has 1 aromatic heterocycles. The summed E-state index contributed by atoms with van der Waals surface area (Å²) in [6.07, 6.45) is 2.69. The van der Waals surface area contributed by atoms with Gasteiger partial charge in [0.1, 0.15) is 12.1 Å². The molecule has 0 fully saturated rings. The first-order chi connectivity index (χ1) is 8.29. The number of hydrogen-bond donors (Lipinski definition) is 1. The average Bonchev–Trinajstić information content (AvgIpc) is 2.37. The van der Waals surface area contributed by atoms with E-state index in [4.69, 9.17) is 0 Å². The zero-order valence-electron chi connectivity index (χ0n) is 10.3. The van der Waals surface area contributed by atoms with Crippen molar-refractivity contribution in [3.8, 4) is 11.3 Å². The normalized spacial score (nSPS) is 10.2. The van der Waals surface area contributed by atoms with E-state index in [1.165, 1.54) is 5.56 Å². The fraction of sp³-hybridized carbons (Fsp3) is 0.286. The molecule has 0 saturated heterocycles. The van der Waals surface area contributed by atoms with Crippen molar-refractivity contribution in [1.29, 1.82) is 0 Å². The van der Waals surface area contributed by atoms with Crippen molar-refractivity contribution in [1.82, 2.24) is 9.97 Å². The van der Waals surface area contributed by atoms with E-state index in [0.717, 1.165) is 30.0 Å². The molecule has 0 atom stereocenters. The first-order valence-corrected chi connectivity index (χ1v) is 5.92. The number of aryl methyl sites for hydroxylation is 1. The van der Waals surface area contributed by atoms with Gasteiger partial charge in [0.05, 0.1) is 5.69 Å². The third kappa shape index (κ3) is 3.03. The van der Waals surface area contributed by atoms with E-state index in [1.54, 1.807) is 6.33 Å². The van der Waals surface area contributed by atoms with Gasteiger partial charge in [-0.1, -0.05) is 36.8 Å². The lowest BCUT2D eigenvalue weighted by molar-refractivity contribution is 0.965. The van der Waals surface area contributed by atoms with Gasteiger partial charge in [-0.05, 0) is 13.3 Å². The molecule has 0 amide bonds. The summed E-state index contributed by atoms with van der Waals surface area (Å²) in [6.45, 7) is 5.15. The van der Waals surface area contributed by atoms with Crippen LogP contribution in [0, 0.1) is 6.92 Å². The van der Waals surface area contributed by atoms with Crippen LogP contribution in [0.5, 0.6) is 0 Å². The van der Waals surface area contributed by atoms with Gasteiger partial charge >= 0.3 is 0 Å². The monoisotopic (exact) mass is 227 g/mol. The molecule has 0 radical (unpaired) electrons. The van der Waals surface area contributed by atoms with Crippen molar-refractivity contribution in [2.45, 2.75) is 20.3 Å². The number of nitrogens with one attached hydrogen (secondary N) is 1. The second kappa shape index (κ2) is 5.43. The molecule has 0 unspecified atom stereocenters. The minimum Gasteiger partial charge on any atom is -0.370 e. The van der Waals surface area contributed by atoms with Crippen LogP contribution < -0.4 is 5.32 Å². The Bertz CT molecular complexity index is 477. The smallest absolute Gasteiger partial charge is 0.129 e. The summed E-state index contributed by atoms with van der Waals surface area (Å²) >= 11 is 0. The third-order valence-electron chi connectivity index (χ3n) is 2.57. The second-order valence-corrected chi connectivity index (χ2v) is 4.08. The van der Waals surface area contributed by atoms with E-state index in [0.29, 0.717) is 0 Å². The van der Waals surface area contributed by atoms with E-state index in [-0.39, 0.29) is 0 Å². The summed E-state index contributed by atoms with van der Waals surface area (Å²) in [6, 6.07) is 10.3. The largest absolute Gasteiger partial charge is 0.370 e. The van der Waals surface area contributed by atoms with E-state index in [1.807, 2.05) is 6.07 Å². The molecule has 1 aromatic carbocycles. The molecule has 0 saturated carbocycles. The Kier molecular flexibility index (Phi) is 3.70. The van der Waals surface area contributed by atoms with Gasteiger partial charge in [-0.25, -0.2) is 9.97 Å². The summed E-state index contributed by atoms with van der Waals surface area (Å²) in [7, 11) is 0. The Morgan fingerprint density at radius 2 is 1.88 bits per heavy atom. The molecule has 0 aliphatic rings. The highest BCUT2D eigenvalue weighted by Gasteiger charge is 2.01. The molecule has 88 valence electrons. The highest BCUT2D eigenvalue weighted by molar-refractivity contribution is 5.62. The van der Waals surface area contributed by atoms with Crippen molar-refractivity contribution < 1.29 is 0 Å². The number of benzene rings is 1. The Morgan fingerprint density at radius 3 is 2.59 bits per heavy atom. The van der Waals surface area contributed by atoms with Crippen molar-refractivity contribution in [3.63, 3.8) is 0 Å². The molecule has 3 nitrogen and oxygen atoms in total. The molecular formula is C14H17N3. The van der Waals surface area contributed by atoms with E-state index < -0.39 is 0 Å². The number of aromatic nitrogens is 2. The van der Waals surface area contributed by atoms with Crippen LogP contribution >= 0.6 is 0 Å². The minimum atomic E-state index is 0.887. The molecule has 2 aromatic rings. The van der Waals surface area contributed by atoms with Gasteiger partial charge in [-0.3, -0.25) is 0 Å². The first-order valence-electron chi connectivity index (χ1n) is 5.92. The zero-order chi connectivity index (χ0) is 12.1. The molecule has 0 spiro atoms. The maximum atomic E-state index is 4.30. The number of rotatable bonds is 4. The van der Waals surface area contributed by atoms with E-state index >= 15 is 0 Å². The molecule has 0 aliphatic heterocycles. The molecular weight excluding hydrogens is 210 g/mol. The molecule has 2 rings (SSSR count). The summed E-state index contributed by atoms with van der Waals surface area (Å²) in [5.41, 5.74) is 3.34. The van der Waals surface area contributed by atoms with Crippen molar-refractivity contribution in [3.05, 3.63) is 42.2 Å². The minimum absolute atomic E-state index is 0.887. The fourth-order valence-electron chi connectivity index (χ4n) is 1.59. The summed E-state index contributed by atoms with van der Waals surface area (Å²) in [5, 5.41) is 3.26. The van der Waals surface area contributed by atoms with Crippen LogP contribution in [0.1, 0.15) is 18.9 Å². The molecule has 1 N–H and O–H groups in total. The Morgan fingerprint density at radius 1 is 1.12 bits per heavy atom. The summed E-state index contributed by atoms with van der Waals surface area (Å²) in [5.74, 6) is 0.887. The molecule has 0 bridgehead atoms. The van der Waals surface area contributed by atoms with Crippen LogP contribution in [0.25, 0.3) is 11.3 Å². The molecule has 17 heavy (non-hydrogen) atoms. The number of nitrogens with zero attached hydrogens (tertiary/aromatic N) is 2. The lowest BCUT2D eigenvalue weighted by Gasteiger charge is -2.05. The fourth-order valence-corrected chi connectivity index (χ4v) is 1.59. The van der Waals surface area contributed by atoms with Crippen molar-refractivity contribution in [2.24, 2.45) is 0 Å². The van der Waals surface area contributed by atoms with Gasteiger partial charge in [0.15, 0.2) is 0 Å². The summed E-state index contributed by atoms with van der Waals surface area (Å²) < 4.78 is 0. The van der Waals surface area contributed by atoms with Crippen LogP contribution in [0.4, 0.5) is 5.82 Å². The van der Waals surface area contributed by atoms with Gasteiger partial charge in [0, 0.05) is 18.2 Å². The lowest BCUT2D eigenvalue weighted by Crippen LogP contribution is -2.02. The van der Waals surface area contributed by atoms with Crippen molar-refractivity contribution >= 4 is 5.82 Å².